The van der Waals surface area contributed by atoms with Gasteiger partial charge in [0, 0.05) is 24.7 Å². The van der Waals surface area contributed by atoms with E-state index in [-0.39, 0.29) is 18.8 Å². The first-order valence-corrected chi connectivity index (χ1v) is 8.91. The van der Waals surface area contributed by atoms with Gasteiger partial charge in [0.25, 0.3) is 0 Å². The maximum absolute atomic E-state index is 6.29. The first-order valence-electron chi connectivity index (χ1n) is 8.91. The van der Waals surface area contributed by atoms with Gasteiger partial charge in [-0.1, -0.05) is 19.1 Å². The lowest BCUT2D eigenvalue weighted by Gasteiger charge is -2.17. The van der Waals surface area contributed by atoms with Crippen molar-refractivity contribution in [2.45, 2.75) is 25.4 Å². The van der Waals surface area contributed by atoms with Crippen molar-refractivity contribution in [2.24, 2.45) is 0 Å². The van der Waals surface area contributed by atoms with Gasteiger partial charge in [-0.3, -0.25) is 0 Å². The van der Waals surface area contributed by atoms with Gasteiger partial charge in [-0.05, 0) is 35.7 Å². The van der Waals surface area contributed by atoms with E-state index in [4.69, 9.17) is 23.7 Å². The van der Waals surface area contributed by atoms with Gasteiger partial charge in [-0.15, -0.1) is 6.58 Å². The Bertz CT molecular complexity index is 815. The van der Waals surface area contributed by atoms with E-state index in [0.29, 0.717) is 11.5 Å². The molecule has 1 aliphatic rings. The van der Waals surface area contributed by atoms with Crippen LogP contribution in [0.4, 0.5) is 0 Å². The van der Waals surface area contributed by atoms with Crippen molar-refractivity contribution in [3.63, 3.8) is 0 Å². The number of allylic oxidation sites excluding steroid dienone is 1. The number of methoxy groups -OCH3 is 3. The molecule has 0 radical (unpaired) electrons. The molecular weight excluding hydrogens is 344 g/mol. The van der Waals surface area contributed by atoms with E-state index in [0.717, 1.165) is 34.6 Å². The molecule has 0 saturated carbocycles. The maximum Gasteiger partial charge on any atom is 0.188 e. The molecule has 5 nitrogen and oxygen atoms in total. The monoisotopic (exact) mass is 370 g/mol. The number of benzene rings is 2. The summed E-state index contributed by atoms with van der Waals surface area (Å²) in [7, 11) is 4.87. The van der Waals surface area contributed by atoms with Crippen molar-refractivity contribution in [3.05, 3.63) is 59.7 Å². The molecule has 0 amide bonds. The Kier molecular flexibility index (Phi) is 5.91. The van der Waals surface area contributed by atoms with Crippen LogP contribution in [0.3, 0.4) is 0 Å². The number of hydrogen-bond donors (Lipinski definition) is 0. The van der Waals surface area contributed by atoms with Crippen LogP contribution in [0, 0.1) is 0 Å². The van der Waals surface area contributed by atoms with Gasteiger partial charge < -0.3 is 23.7 Å². The fourth-order valence-electron chi connectivity index (χ4n) is 3.44. The molecule has 1 heterocycles. The first-order chi connectivity index (χ1) is 13.1. The summed E-state index contributed by atoms with van der Waals surface area (Å²) in [6, 6.07) is 9.99. The van der Waals surface area contributed by atoms with Crippen molar-refractivity contribution in [1.29, 1.82) is 0 Å². The Labute approximate surface area is 160 Å². The summed E-state index contributed by atoms with van der Waals surface area (Å²) < 4.78 is 27.8. The molecule has 1 aliphatic heterocycles. The second-order valence-electron chi connectivity index (χ2n) is 6.48. The van der Waals surface area contributed by atoms with E-state index >= 15 is 0 Å². The summed E-state index contributed by atoms with van der Waals surface area (Å²) >= 11 is 0. The van der Waals surface area contributed by atoms with Crippen LogP contribution in [0.25, 0.3) is 0 Å². The normalized spacial score (nSPS) is 17.8. The molecule has 27 heavy (non-hydrogen) atoms. The van der Waals surface area contributed by atoms with E-state index in [1.165, 1.54) is 0 Å². The molecule has 0 saturated heterocycles. The highest BCUT2D eigenvalue weighted by Gasteiger charge is 2.34. The van der Waals surface area contributed by atoms with Crippen LogP contribution >= 0.6 is 0 Å². The molecule has 2 atom stereocenters. The summed E-state index contributed by atoms with van der Waals surface area (Å²) in [6.45, 7) is 6.20. The molecule has 2 aromatic carbocycles. The molecule has 144 valence electrons. The predicted molar refractivity (Wildman–Crippen MR) is 104 cm³/mol. The minimum absolute atomic E-state index is 0.103. The lowest BCUT2D eigenvalue weighted by molar-refractivity contribution is 0.0503. The summed E-state index contributed by atoms with van der Waals surface area (Å²) in [5.41, 5.74) is 3.28. The molecule has 0 fully saturated rings. The van der Waals surface area contributed by atoms with E-state index in [2.05, 4.69) is 19.6 Å². The highest BCUT2D eigenvalue weighted by molar-refractivity contribution is 5.53. The second kappa shape index (κ2) is 8.35. The third-order valence-corrected chi connectivity index (χ3v) is 4.82. The maximum atomic E-state index is 6.29. The standard InChI is InChI=1S/C22H26O5/c1-6-7-15-10-17-14(2)22(27-20(17)12-19(15)26-13-23-3)16-8-9-18(24-4)21(11-16)25-5/h6,8-12,14,22H,1,7,13H2,2-5H3/t14-,22-/m0/s1. The topological polar surface area (TPSA) is 46.2 Å². The van der Waals surface area contributed by atoms with Crippen molar-refractivity contribution in [3.8, 4) is 23.0 Å². The van der Waals surface area contributed by atoms with Gasteiger partial charge >= 0.3 is 0 Å². The number of hydrogen-bond acceptors (Lipinski definition) is 5. The van der Waals surface area contributed by atoms with Crippen LogP contribution in [0.2, 0.25) is 0 Å². The summed E-state index contributed by atoms with van der Waals surface area (Å²) in [6.07, 6.45) is 2.49. The van der Waals surface area contributed by atoms with E-state index in [1.807, 2.05) is 30.3 Å². The van der Waals surface area contributed by atoms with E-state index in [9.17, 15) is 0 Å². The molecule has 0 unspecified atom stereocenters. The average Bonchev–Trinajstić information content (AvgIpc) is 3.01. The summed E-state index contributed by atoms with van der Waals surface area (Å²) in [5.74, 6) is 3.18. The highest BCUT2D eigenvalue weighted by Crippen LogP contribution is 2.49. The largest absolute Gasteiger partial charge is 0.493 e. The van der Waals surface area contributed by atoms with Gasteiger partial charge in [0.2, 0.25) is 0 Å². The molecule has 0 aromatic heterocycles. The number of ether oxygens (including phenoxy) is 5. The third kappa shape index (κ3) is 3.74. The lowest BCUT2D eigenvalue weighted by atomic mass is 9.91. The Morgan fingerprint density at radius 2 is 1.81 bits per heavy atom. The number of fused-ring (bicyclic) bond motifs is 1. The summed E-state index contributed by atoms with van der Waals surface area (Å²) in [5, 5.41) is 0. The van der Waals surface area contributed by atoms with E-state index in [1.54, 1.807) is 21.3 Å². The van der Waals surface area contributed by atoms with Gasteiger partial charge in [0.05, 0.1) is 14.2 Å². The van der Waals surface area contributed by atoms with Crippen LogP contribution in [0.15, 0.2) is 43.0 Å². The molecule has 0 bridgehead atoms. The van der Waals surface area contributed by atoms with Crippen molar-refractivity contribution >= 4 is 0 Å². The quantitative estimate of drug-likeness (QED) is 0.500. The van der Waals surface area contributed by atoms with Gasteiger partial charge in [-0.25, -0.2) is 0 Å². The molecule has 2 aromatic rings. The Morgan fingerprint density at radius 3 is 2.48 bits per heavy atom. The predicted octanol–water partition coefficient (Wildman–Crippen LogP) is 4.65. The van der Waals surface area contributed by atoms with Crippen LogP contribution in [-0.4, -0.2) is 28.1 Å². The lowest BCUT2D eigenvalue weighted by Crippen LogP contribution is -2.07. The van der Waals surface area contributed by atoms with Gasteiger partial charge in [0.15, 0.2) is 18.3 Å². The van der Waals surface area contributed by atoms with Gasteiger partial charge in [-0.2, -0.15) is 0 Å². The van der Waals surface area contributed by atoms with Crippen LogP contribution < -0.4 is 18.9 Å². The zero-order chi connectivity index (χ0) is 19.4. The fraction of sp³-hybridized carbons (Fsp3) is 0.364. The minimum Gasteiger partial charge on any atom is -0.493 e. The Balaban J connectivity index is 1.94. The van der Waals surface area contributed by atoms with Crippen molar-refractivity contribution in [2.75, 3.05) is 28.1 Å². The highest BCUT2D eigenvalue weighted by atomic mass is 16.7. The number of rotatable bonds is 8. The van der Waals surface area contributed by atoms with Crippen LogP contribution in [-0.2, 0) is 11.2 Å². The summed E-state index contributed by atoms with van der Waals surface area (Å²) in [4.78, 5) is 0. The Hall–Kier alpha value is -2.66. The third-order valence-electron chi connectivity index (χ3n) is 4.82. The molecule has 0 N–H and O–H groups in total. The molecule has 3 rings (SSSR count). The van der Waals surface area contributed by atoms with Gasteiger partial charge in [0.1, 0.15) is 17.6 Å². The van der Waals surface area contributed by atoms with Crippen LogP contribution in [0.1, 0.15) is 35.6 Å². The van der Waals surface area contributed by atoms with Crippen molar-refractivity contribution < 1.29 is 23.7 Å². The van der Waals surface area contributed by atoms with E-state index < -0.39 is 0 Å². The molecular formula is C22H26O5. The molecule has 0 spiro atoms. The smallest absolute Gasteiger partial charge is 0.188 e. The SMILES string of the molecule is C=CCc1cc2c(cc1OCOC)O[C@H](c1ccc(OC)c(OC)c1)[C@H]2C. The second-order valence-corrected chi connectivity index (χ2v) is 6.48. The van der Waals surface area contributed by atoms with Crippen molar-refractivity contribution in [1.82, 2.24) is 0 Å². The Morgan fingerprint density at radius 1 is 1.04 bits per heavy atom. The van der Waals surface area contributed by atoms with Crippen LogP contribution in [0.5, 0.6) is 23.0 Å². The molecule has 5 heteroatoms. The molecule has 0 aliphatic carbocycles. The zero-order valence-electron chi connectivity index (χ0n) is 16.3. The average molecular weight is 370 g/mol. The minimum atomic E-state index is -0.103. The first kappa shape index (κ1) is 19.1. The fourth-order valence-corrected chi connectivity index (χ4v) is 3.44. The zero-order valence-corrected chi connectivity index (χ0v) is 16.3.